The third-order valence-corrected chi connectivity index (χ3v) is 5.05. The molecular weight excluding hydrogens is 392 g/mol. The van der Waals surface area contributed by atoms with Crippen LogP contribution < -0.4 is 9.47 Å². The molecule has 4 aromatic rings. The number of hydrogen-bond donors (Lipinski definition) is 0. The Morgan fingerprint density at radius 3 is 2.66 bits per heavy atom. The van der Waals surface area contributed by atoms with Crippen molar-refractivity contribution in [3.8, 4) is 22.9 Å². The minimum absolute atomic E-state index is 0.454. The molecule has 0 fully saturated rings. The maximum Gasteiger partial charge on any atom is 0.237 e. The molecule has 9 nitrogen and oxygen atoms in total. The van der Waals surface area contributed by atoms with E-state index in [1.54, 1.807) is 31.0 Å². The Balaban J connectivity index is 1.44. The van der Waals surface area contributed by atoms with Crippen LogP contribution in [0.1, 0.15) is 11.5 Å². The number of methoxy groups -OCH3 is 2. The molecule has 0 bridgehead atoms. The van der Waals surface area contributed by atoms with Crippen molar-refractivity contribution in [3.63, 3.8) is 0 Å². The molecule has 148 valence electrons. The van der Waals surface area contributed by atoms with E-state index in [1.165, 1.54) is 11.8 Å². The highest BCUT2D eigenvalue weighted by Crippen LogP contribution is 2.31. The van der Waals surface area contributed by atoms with Crippen LogP contribution in [0.3, 0.4) is 0 Å². The van der Waals surface area contributed by atoms with E-state index >= 15 is 0 Å². The second-order valence-electron chi connectivity index (χ2n) is 5.97. The Bertz CT molecular complexity index is 1080. The summed E-state index contributed by atoms with van der Waals surface area (Å²) in [7, 11) is 3.17. The molecule has 29 heavy (non-hydrogen) atoms. The summed E-state index contributed by atoms with van der Waals surface area (Å²) in [6, 6.07) is 15.5. The van der Waals surface area contributed by atoms with Gasteiger partial charge in [-0.2, -0.15) is 4.98 Å². The molecule has 0 N–H and O–H groups in total. The highest BCUT2D eigenvalue weighted by atomic mass is 32.2. The molecule has 2 heterocycles. The van der Waals surface area contributed by atoms with Gasteiger partial charge in [0.05, 0.1) is 26.5 Å². The molecule has 0 saturated heterocycles. The van der Waals surface area contributed by atoms with Crippen LogP contribution in [0.25, 0.3) is 11.4 Å². The average Bonchev–Trinajstić information content (AvgIpc) is 3.42. The van der Waals surface area contributed by atoms with Gasteiger partial charge in [-0.25, -0.2) is 4.68 Å². The van der Waals surface area contributed by atoms with E-state index in [-0.39, 0.29) is 0 Å². The second kappa shape index (κ2) is 8.74. The Labute approximate surface area is 171 Å². The van der Waals surface area contributed by atoms with Crippen LogP contribution in [0.2, 0.25) is 0 Å². The monoisotopic (exact) mass is 410 g/mol. The first kappa shape index (κ1) is 18.9. The van der Waals surface area contributed by atoms with Crippen LogP contribution in [0.5, 0.6) is 11.5 Å². The van der Waals surface area contributed by atoms with Crippen LogP contribution in [0, 0.1) is 0 Å². The van der Waals surface area contributed by atoms with Crippen molar-refractivity contribution in [2.75, 3.05) is 14.2 Å². The fourth-order valence-corrected chi connectivity index (χ4v) is 3.40. The molecular formula is C19H18N6O3S. The number of aromatic nitrogens is 6. The quantitative estimate of drug-likeness (QED) is 0.406. The van der Waals surface area contributed by atoms with Crippen molar-refractivity contribution in [2.45, 2.75) is 17.5 Å². The number of rotatable bonds is 8. The number of hydrogen-bond acceptors (Lipinski definition) is 9. The zero-order valence-electron chi connectivity index (χ0n) is 15.8. The third kappa shape index (κ3) is 4.37. The van der Waals surface area contributed by atoms with Gasteiger partial charge in [-0.05, 0) is 34.2 Å². The number of tetrazole rings is 1. The Morgan fingerprint density at radius 2 is 1.86 bits per heavy atom. The lowest BCUT2D eigenvalue weighted by Crippen LogP contribution is -2.03. The third-order valence-electron chi connectivity index (χ3n) is 4.11. The summed E-state index contributed by atoms with van der Waals surface area (Å²) in [5.74, 6) is 2.65. The lowest BCUT2D eigenvalue weighted by atomic mass is 10.2. The molecule has 0 aliphatic rings. The summed E-state index contributed by atoms with van der Waals surface area (Å²) >= 11 is 1.43. The van der Waals surface area contributed by atoms with E-state index in [1.807, 2.05) is 36.4 Å². The van der Waals surface area contributed by atoms with Crippen molar-refractivity contribution < 1.29 is 14.0 Å². The van der Waals surface area contributed by atoms with Gasteiger partial charge in [0, 0.05) is 5.56 Å². The predicted octanol–water partition coefficient (Wildman–Crippen LogP) is 3.08. The summed E-state index contributed by atoms with van der Waals surface area (Å²) in [5, 5.41) is 16.6. The summed E-state index contributed by atoms with van der Waals surface area (Å²) < 4.78 is 17.7. The summed E-state index contributed by atoms with van der Waals surface area (Å²) in [6.45, 7) is 0.594. The molecule has 0 spiro atoms. The van der Waals surface area contributed by atoms with Gasteiger partial charge >= 0.3 is 0 Å². The number of benzene rings is 2. The fourth-order valence-electron chi connectivity index (χ4n) is 2.69. The summed E-state index contributed by atoms with van der Waals surface area (Å²) in [4.78, 5) is 4.45. The van der Waals surface area contributed by atoms with E-state index in [9.17, 15) is 0 Å². The predicted molar refractivity (Wildman–Crippen MR) is 106 cm³/mol. The molecule has 0 amide bonds. The molecule has 0 aliphatic heterocycles. The maximum atomic E-state index is 5.37. The number of thioether (sulfide) groups is 1. The largest absolute Gasteiger partial charge is 0.493 e. The van der Waals surface area contributed by atoms with Gasteiger partial charge in [-0.3, -0.25) is 0 Å². The molecule has 0 unspecified atom stereocenters. The highest BCUT2D eigenvalue weighted by Gasteiger charge is 2.14. The molecule has 0 radical (unpaired) electrons. The van der Waals surface area contributed by atoms with Crippen molar-refractivity contribution in [1.29, 1.82) is 0 Å². The van der Waals surface area contributed by atoms with Gasteiger partial charge in [0.25, 0.3) is 0 Å². The molecule has 2 aromatic carbocycles. The Kier molecular flexibility index (Phi) is 5.71. The second-order valence-corrected chi connectivity index (χ2v) is 6.92. The molecule has 4 rings (SSSR count). The van der Waals surface area contributed by atoms with Gasteiger partial charge in [0.2, 0.25) is 16.9 Å². The van der Waals surface area contributed by atoms with Gasteiger partial charge in [0.15, 0.2) is 11.5 Å². The SMILES string of the molecule is COc1ccc(-c2noc(CSc3nnnn3Cc3ccccc3)n2)cc1OC. The first-order chi connectivity index (χ1) is 14.3. The highest BCUT2D eigenvalue weighted by molar-refractivity contribution is 7.98. The first-order valence-corrected chi connectivity index (χ1v) is 9.73. The smallest absolute Gasteiger partial charge is 0.237 e. The van der Waals surface area contributed by atoms with Crippen LogP contribution in [0.4, 0.5) is 0 Å². The Morgan fingerprint density at radius 1 is 1.03 bits per heavy atom. The Hall–Kier alpha value is -3.40. The maximum absolute atomic E-state index is 5.37. The minimum Gasteiger partial charge on any atom is -0.493 e. The van der Waals surface area contributed by atoms with Gasteiger partial charge < -0.3 is 14.0 Å². The van der Waals surface area contributed by atoms with E-state index < -0.39 is 0 Å². The first-order valence-electron chi connectivity index (χ1n) is 8.74. The van der Waals surface area contributed by atoms with Crippen LogP contribution in [0.15, 0.2) is 58.2 Å². The summed E-state index contributed by atoms with van der Waals surface area (Å²) in [5.41, 5.74) is 1.90. The lowest BCUT2D eigenvalue weighted by Gasteiger charge is -2.07. The van der Waals surface area contributed by atoms with Crippen molar-refractivity contribution >= 4 is 11.8 Å². The summed E-state index contributed by atoms with van der Waals surface area (Å²) in [6.07, 6.45) is 0. The lowest BCUT2D eigenvalue weighted by molar-refractivity contribution is 0.355. The van der Waals surface area contributed by atoms with Gasteiger partial charge in [0.1, 0.15) is 0 Å². The zero-order chi connectivity index (χ0) is 20.1. The zero-order valence-corrected chi connectivity index (χ0v) is 16.7. The normalized spacial score (nSPS) is 10.8. The standard InChI is InChI=1S/C19H18N6O3S/c1-26-15-9-8-14(10-16(15)27-2)18-20-17(28-22-18)12-29-19-21-23-24-25(19)11-13-6-4-3-5-7-13/h3-10H,11-12H2,1-2H3. The van der Waals surface area contributed by atoms with E-state index in [2.05, 4.69) is 25.7 Å². The van der Waals surface area contributed by atoms with Gasteiger partial charge in [-0.15, -0.1) is 5.10 Å². The van der Waals surface area contributed by atoms with Crippen LogP contribution in [-0.4, -0.2) is 44.6 Å². The van der Waals surface area contributed by atoms with E-state index in [0.29, 0.717) is 40.7 Å². The van der Waals surface area contributed by atoms with Crippen molar-refractivity contribution in [3.05, 3.63) is 60.0 Å². The van der Waals surface area contributed by atoms with Gasteiger partial charge in [-0.1, -0.05) is 47.3 Å². The molecule has 0 aliphatic carbocycles. The average molecular weight is 410 g/mol. The fraction of sp³-hybridized carbons (Fsp3) is 0.211. The molecule has 2 aromatic heterocycles. The molecule has 0 saturated carbocycles. The molecule has 0 atom stereocenters. The topological polar surface area (TPSA) is 101 Å². The van der Waals surface area contributed by atoms with Crippen molar-refractivity contribution in [2.24, 2.45) is 0 Å². The number of ether oxygens (including phenoxy) is 2. The molecule has 10 heteroatoms. The van der Waals surface area contributed by atoms with Crippen LogP contribution >= 0.6 is 11.8 Å². The van der Waals surface area contributed by atoms with E-state index in [4.69, 9.17) is 14.0 Å². The number of nitrogens with zero attached hydrogens (tertiary/aromatic N) is 6. The van der Waals surface area contributed by atoms with Crippen LogP contribution in [-0.2, 0) is 12.3 Å². The van der Waals surface area contributed by atoms with Crippen molar-refractivity contribution in [1.82, 2.24) is 30.3 Å². The minimum atomic E-state index is 0.454. The van der Waals surface area contributed by atoms with E-state index in [0.717, 1.165) is 11.1 Å².